The van der Waals surface area contributed by atoms with E-state index in [4.69, 9.17) is 14.2 Å². The van der Waals surface area contributed by atoms with Crippen molar-refractivity contribution >= 4 is 18.0 Å². The Morgan fingerprint density at radius 3 is 2.27 bits per heavy atom. The molecule has 0 bridgehead atoms. The first-order valence-corrected chi connectivity index (χ1v) is 7.04. The molecule has 0 aliphatic carbocycles. The lowest BCUT2D eigenvalue weighted by Crippen LogP contribution is -2.33. The number of amides is 1. The summed E-state index contributed by atoms with van der Waals surface area (Å²) in [5.41, 5.74) is -0.338. The van der Waals surface area contributed by atoms with Gasteiger partial charge in [0.1, 0.15) is 5.60 Å². The van der Waals surface area contributed by atoms with Crippen molar-refractivity contribution in [3.05, 3.63) is 12.2 Å². The normalized spacial score (nSPS) is 12.0. The van der Waals surface area contributed by atoms with Crippen molar-refractivity contribution in [2.75, 3.05) is 6.54 Å². The summed E-state index contributed by atoms with van der Waals surface area (Å²) in [5.74, 6) is -1.14. The van der Waals surface area contributed by atoms with Crippen molar-refractivity contribution in [2.45, 2.75) is 59.4 Å². The van der Waals surface area contributed by atoms with Gasteiger partial charge in [-0.25, -0.2) is 9.59 Å². The molecule has 0 aliphatic heterocycles. The first kappa shape index (κ1) is 19.9. The lowest BCUT2D eigenvalue weighted by molar-refractivity contribution is -0.181. The summed E-state index contributed by atoms with van der Waals surface area (Å²) in [6.45, 7) is 11.9. The van der Waals surface area contributed by atoms with Crippen molar-refractivity contribution in [3.8, 4) is 0 Å². The van der Waals surface area contributed by atoms with Crippen LogP contribution in [0.4, 0.5) is 4.79 Å². The number of alkyl carbamates (subject to hydrolysis) is 1. The lowest BCUT2D eigenvalue weighted by Gasteiger charge is -2.19. The SMILES string of the molecule is C=C(C)C(=O)OC(C)OC(=O)CCCNC(=O)OC(C)(C)C. The largest absolute Gasteiger partial charge is 0.444 e. The van der Waals surface area contributed by atoms with Gasteiger partial charge >= 0.3 is 18.0 Å². The molecule has 1 amide bonds. The van der Waals surface area contributed by atoms with Crippen molar-refractivity contribution in [3.63, 3.8) is 0 Å². The molecule has 22 heavy (non-hydrogen) atoms. The van der Waals surface area contributed by atoms with E-state index in [1.165, 1.54) is 13.8 Å². The van der Waals surface area contributed by atoms with Gasteiger partial charge < -0.3 is 19.5 Å². The van der Waals surface area contributed by atoms with Crippen molar-refractivity contribution in [1.29, 1.82) is 0 Å². The van der Waals surface area contributed by atoms with Gasteiger partial charge in [-0.1, -0.05) is 6.58 Å². The molecule has 0 saturated heterocycles. The Morgan fingerprint density at radius 1 is 1.18 bits per heavy atom. The standard InChI is InChI=1S/C15H25NO6/c1-10(2)13(18)21-11(3)20-12(17)8-7-9-16-14(19)22-15(4,5)6/h11H,1,7-9H2,2-6H3,(H,16,19). The zero-order valence-electron chi connectivity index (χ0n) is 13.9. The van der Waals surface area contributed by atoms with Crippen LogP contribution in [0.3, 0.4) is 0 Å². The second-order valence-electron chi connectivity index (χ2n) is 5.78. The monoisotopic (exact) mass is 315 g/mol. The van der Waals surface area contributed by atoms with Gasteiger partial charge in [-0.05, 0) is 34.1 Å². The van der Waals surface area contributed by atoms with E-state index in [1.54, 1.807) is 20.8 Å². The Kier molecular flexibility index (Phi) is 8.22. The van der Waals surface area contributed by atoms with Gasteiger partial charge in [-0.15, -0.1) is 0 Å². The number of ether oxygens (including phenoxy) is 3. The summed E-state index contributed by atoms with van der Waals surface area (Å²) in [6.07, 6.45) is -1.04. The van der Waals surface area contributed by atoms with Crippen molar-refractivity contribution < 1.29 is 28.6 Å². The molecule has 1 unspecified atom stereocenters. The van der Waals surface area contributed by atoms with Crippen LogP contribution in [0.2, 0.25) is 0 Å². The second kappa shape index (κ2) is 9.07. The van der Waals surface area contributed by atoms with E-state index in [-0.39, 0.29) is 18.5 Å². The summed E-state index contributed by atoms with van der Waals surface area (Å²) >= 11 is 0. The summed E-state index contributed by atoms with van der Waals surface area (Å²) in [4.78, 5) is 34.1. The minimum atomic E-state index is -0.976. The third-order valence-electron chi connectivity index (χ3n) is 2.14. The third-order valence-corrected chi connectivity index (χ3v) is 2.14. The molecule has 0 fully saturated rings. The van der Waals surface area contributed by atoms with Crippen LogP contribution >= 0.6 is 0 Å². The molecule has 1 N–H and O–H groups in total. The zero-order chi connectivity index (χ0) is 17.3. The molecule has 0 heterocycles. The summed E-state index contributed by atoms with van der Waals surface area (Å²) in [7, 11) is 0. The lowest BCUT2D eigenvalue weighted by atomic mass is 10.2. The van der Waals surface area contributed by atoms with Crippen molar-refractivity contribution in [1.82, 2.24) is 5.32 Å². The van der Waals surface area contributed by atoms with Gasteiger partial charge in [0.05, 0.1) is 0 Å². The molecule has 0 aromatic rings. The van der Waals surface area contributed by atoms with Gasteiger partial charge in [0.2, 0.25) is 6.29 Å². The highest BCUT2D eigenvalue weighted by Crippen LogP contribution is 2.06. The fraction of sp³-hybridized carbons (Fsp3) is 0.667. The number of hydrogen-bond acceptors (Lipinski definition) is 6. The Hall–Kier alpha value is -2.05. The van der Waals surface area contributed by atoms with Gasteiger partial charge in [-0.3, -0.25) is 4.79 Å². The first-order chi connectivity index (χ1) is 10.0. The van der Waals surface area contributed by atoms with E-state index < -0.39 is 29.9 Å². The van der Waals surface area contributed by atoms with Gasteiger partial charge in [0.15, 0.2) is 0 Å². The van der Waals surface area contributed by atoms with Crippen LogP contribution in [0.5, 0.6) is 0 Å². The molecule has 0 rings (SSSR count). The Labute approximate surface area is 131 Å². The van der Waals surface area contributed by atoms with E-state index in [2.05, 4.69) is 11.9 Å². The molecule has 7 nitrogen and oxygen atoms in total. The second-order valence-corrected chi connectivity index (χ2v) is 5.78. The predicted molar refractivity (Wildman–Crippen MR) is 79.9 cm³/mol. The number of carbonyl (C=O) groups excluding carboxylic acids is 3. The molecule has 7 heteroatoms. The first-order valence-electron chi connectivity index (χ1n) is 7.04. The maximum atomic E-state index is 11.5. The van der Waals surface area contributed by atoms with Crippen LogP contribution in [0.25, 0.3) is 0 Å². The van der Waals surface area contributed by atoms with Gasteiger partial charge in [-0.2, -0.15) is 0 Å². The Morgan fingerprint density at radius 2 is 1.77 bits per heavy atom. The van der Waals surface area contributed by atoms with E-state index in [1.807, 2.05) is 0 Å². The fourth-order valence-corrected chi connectivity index (χ4v) is 1.26. The molecule has 1 atom stereocenters. The van der Waals surface area contributed by atoms with Crippen LogP contribution in [-0.2, 0) is 23.8 Å². The highest BCUT2D eigenvalue weighted by Gasteiger charge is 2.16. The molecule has 0 radical (unpaired) electrons. The molecular formula is C15H25NO6. The Balaban J connectivity index is 3.84. The van der Waals surface area contributed by atoms with Crippen LogP contribution in [0, 0.1) is 0 Å². The van der Waals surface area contributed by atoms with Gasteiger partial charge in [0, 0.05) is 25.5 Å². The molecule has 0 aromatic heterocycles. The van der Waals surface area contributed by atoms with Gasteiger partial charge in [0.25, 0.3) is 0 Å². The molecule has 0 saturated carbocycles. The molecule has 126 valence electrons. The van der Waals surface area contributed by atoms with Crippen LogP contribution in [0.15, 0.2) is 12.2 Å². The average Bonchev–Trinajstić information content (AvgIpc) is 2.32. The topological polar surface area (TPSA) is 90.9 Å². The quantitative estimate of drug-likeness (QED) is 0.335. The highest BCUT2D eigenvalue weighted by molar-refractivity contribution is 5.87. The maximum Gasteiger partial charge on any atom is 0.407 e. The number of carbonyl (C=O) groups is 3. The minimum absolute atomic E-state index is 0.0881. The zero-order valence-corrected chi connectivity index (χ0v) is 13.9. The molecular weight excluding hydrogens is 290 g/mol. The smallest absolute Gasteiger partial charge is 0.407 e. The average molecular weight is 315 g/mol. The van der Waals surface area contributed by atoms with Crippen LogP contribution < -0.4 is 5.32 Å². The Bertz CT molecular complexity index is 424. The van der Waals surface area contributed by atoms with Crippen LogP contribution in [0.1, 0.15) is 47.5 Å². The summed E-state index contributed by atoms with van der Waals surface area (Å²) < 4.78 is 14.7. The fourth-order valence-electron chi connectivity index (χ4n) is 1.26. The van der Waals surface area contributed by atoms with E-state index in [0.717, 1.165) is 0 Å². The number of esters is 2. The minimum Gasteiger partial charge on any atom is -0.444 e. The van der Waals surface area contributed by atoms with Crippen molar-refractivity contribution in [2.24, 2.45) is 0 Å². The summed E-state index contributed by atoms with van der Waals surface area (Å²) in [5, 5.41) is 2.53. The number of rotatable bonds is 7. The number of nitrogens with one attached hydrogen (secondary N) is 1. The summed E-state index contributed by atoms with van der Waals surface area (Å²) in [6, 6.07) is 0. The maximum absolute atomic E-state index is 11.5. The molecule has 0 aliphatic rings. The predicted octanol–water partition coefficient (Wildman–Crippen LogP) is 2.30. The molecule has 0 spiro atoms. The highest BCUT2D eigenvalue weighted by atomic mass is 16.7. The van der Waals surface area contributed by atoms with E-state index >= 15 is 0 Å². The number of hydrogen-bond donors (Lipinski definition) is 1. The van der Waals surface area contributed by atoms with E-state index in [9.17, 15) is 14.4 Å². The third kappa shape index (κ3) is 10.7. The van der Waals surface area contributed by atoms with Crippen LogP contribution in [-0.4, -0.2) is 36.5 Å². The van der Waals surface area contributed by atoms with E-state index in [0.29, 0.717) is 6.42 Å². The molecule has 0 aromatic carbocycles.